The Morgan fingerprint density at radius 1 is 1.21 bits per heavy atom. The van der Waals surface area contributed by atoms with Crippen LogP contribution >= 0.6 is 27.3 Å². The summed E-state index contributed by atoms with van der Waals surface area (Å²) in [4.78, 5) is 1.25. The van der Waals surface area contributed by atoms with Crippen LogP contribution in [0.25, 0.3) is 10.4 Å². The summed E-state index contributed by atoms with van der Waals surface area (Å²) in [6, 6.07) is 10.2. The Hall–Kier alpha value is -0.800. The molecule has 0 fully saturated rings. The molecule has 14 heavy (non-hydrogen) atoms. The van der Waals surface area contributed by atoms with Gasteiger partial charge in [-0.1, -0.05) is 6.07 Å². The monoisotopic (exact) mass is 267 g/mol. The summed E-state index contributed by atoms with van der Waals surface area (Å²) in [6.45, 7) is 2.10. The normalized spacial score (nSPS) is 10.4. The van der Waals surface area contributed by atoms with Crippen LogP contribution in [0.3, 0.4) is 0 Å². The Balaban J connectivity index is 2.55. The molecule has 0 saturated heterocycles. The predicted molar refractivity (Wildman–Crippen MR) is 66.6 cm³/mol. The third-order valence-electron chi connectivity index (χ3n) is 2.10. The van der Waals surface area contributed by atoms with E-state index in [-0.39, 0.29) is 0 Å². The van der Waals surface area contributed by atoms with Crippen molar-refractivity contribution < 1.29 is 0 Å². The van der Waals surface area contributed by atoms with Crippen LogP contribution in [0.2, 0.25) is 0 Å². The lowest BCUT2D eigenvalue weighted by atomic mass is 10.1. The zero-order chi connectivity index (χ0) is 10.1. The Bertz CT molecular complexity index is 462. The Labute approximate surface area is 95.7 Å². The second-order valence-electron chi connectivity index (χ2n) is 3.18. The quantitative estimate of drug-likeness (QED) is 0.775. The number of anilines is 1. The smallest absolute Gasteiger partial charge is 0.0705 e. The van der Waals surface area contributed by atoms with Crippen LogP contribution in [-0.4, -0.2) is 0 Å². The highest BCUT2D eigenvalue weighted by atomic mass is 79.9. The van der Waals surface area contributed by atoms with Crippen molar-refractivity contribution >= 4 is 33.0 Å². The molecule has 72 valence electrons. The van der Waals surface area contributed by atoms with Crippen molar-refractivity contribution in [2.45, 2.75) is 6.92 Å². The average molecular weight is 268 g/mol. The molecule has 1 heterocycles. The van der Waals surface area contributed by atoms with E-state index >= 15 is 0 Å². The van der Waals surface area contributed by atoms with E-state index in [1.807, 2.05) is 12.1 Å². The highest BCUT2D eigenvalue weighted by Crippen LogP contribution is 2.33. The minimum absolute atomic E-state index is 0.815. The minimum Gasteiger partial charge on any atom is -0.399 e. The number of benzene rings is 1. The summed E-state index contributed by atoms with van der Waals surface area (Å²) < 4.78 is 1.15. The molecule has 2 aromatic rings. The SMILES string of the molecule is Cc1ccc(N)cc1-c1ccc(Br)s1. The van der Waals surface area contributed by atoms with E-state index in [0.29, 0.717) is 0 Å². The minimum atomic E-state index is 0.815. The molecule has 1 aromatic heterocycles. The average Bonchev–Trinajstić information content (AvgIpc) is 2.56. The third-order valence-corrected chi connectivity index (χ3v) is 3.76. The fourth-order valence-electron chi connectivity index (χ4n) is 1.36. The van der Waals surface area contributed by atoms with Gasteiger partial charge < -0.3 is 5.73 Å². The Morgan fingerprint density at radius 2 is 2.00 bits per heavy atom. The number of aryl methyl sites for hydroxylation is 1. The molecule has 3 heteroatoms. The number of halogens is 1. The first kappa shape index (κ1) is 9.74. The van der Waals surface area contributed by atoms with Crippen LogP contribution in [0.15, 0.2) is 34.1 Å². The molecule has 0 saturated carbocycles. The highest BCUT2D eigenvalue weighted by molar-refractivity contribution is 9.11. The van der Waals surface area contributed by atoms with E-state index in [4.69, 9.17) is 5.73 Å². The number of nitrogen functional groups attached to an aromatic ring is 1. The van der Waals surface area contributed by atoms with Gasteiger partial charge in [-0.25, -0.2) is 0 Å². The van der Waals surface area contributed by atoms with Gasteiger partial charge in [0, 0.05) is 10.6 Å². The number of nitrogens with two attached hydrogens (primary N) is 1. The summed E-state index contributed by atoms with van der Waals surface area (Å²) in [5, 5.41) is 0. The number of rotatable bonds is 1. The van der Waals surface area contributed by atoms with Gasteiger partial charge in [0.2, 0.25) is 0 Å². The van der Waals surface area contributed by atoms with E-state index in [9.17, 15) is 0 Å². The molecular weight excluding hydrogens is 258 g/mol. The van der Waals surface area contributed by atoms with E-state index in [1.165, 1.54) is 16.0 Å². The molecule has 0 radical (unpaired) electrons. The van der Waals surface area contributed by atoms with Gasteiger partial charge in [0.1, 0.15) is 0 Å². The molecule has 0 amide bonds. The molecular formula is C11H10BrNS. The third kappa shape index (κ3) is 1.83. The van der Waals surface area contributed by atoms with Gasteiger partial charge in [0.25, 0.3) is 0 Å². The van der Waals surface area contributed by atoms with E-state index in [2.05, 4.69) is 41.1 Å². The van der Waals surface area contributed by atoms with Crippen molar-refractivity contribution in [1.29, 1.82) is 0 Å². The zero-order valence-electron chi connectivity index (χ0n) is 7.75. The second kappa shape index (κ2) is 3.75. The van der Waals surface area contributed by atoms with Crippen LogP contribution in [-0.2, 0) is 0 Å². The van der Waals surface area contributed by atoms with Gasteiger partial charge >= 0.3 is 0 Å². The van der Waals surface area contributed by atoms with Gasteiger partial charge in [-0.2, -0.15) is 0 Å². The van der Waals surface area contributed by atoms with Crippen LogP contribution in [0.1, 0.15) is 5.56 Å². The molecule has 0 unspecified atom stereocenters. The molecule has 2 rings (SSSR count). The summed E-state index contributed by atoms with van der Waals surface area (Å²) >= 11 is 5.18. The van der Waals surface area contributed by atoms with Crippen molar-refractivity contribution in [3.8, 4) is 10.4 Å². The van der Waals surface area contributed by atoms with Gasteiger partial charge in [0.15, 0.2) is 0 Å². The first-order chi connectivity index (χ1) is 6.66. The maximum atomic E-state index is 5.76. The number of thiophene rings is 1. The molecule has 1 aromatic carbocycles. The lowest BCUT2D eigenvalue weighted by Crippen LogP contribution is -1.86. The van der Waals surface area contributed by atoms with Gasteiger partial charge in [-0.3, -0.25) is 0 Å². The molecule has 1 nitrogen and oxygen atoms in total. The maximum absolute atomic E-state index is 5.76. The van der Waals surface area contributed by atoms with E-state index in [0.717, 1.165) is 9.47 Å². The summed E-state index contributed by atoms with van der Waals surface area (Å²) in [7, 11) is 0. The fourth-order valence-corrected chi connectivity index (χ4v) is 2.83. The number of hydrogen-bond donors (Lipinski definition) is 1. The van der Waals surface area contributed by atoms with E-state index < -0.39 is 0 Å². The lowest BCUT2D eigenvalue weighted by molar-refractivity contribution is 1.48. The second-order valence-corrected chi connectivity index (χ2v) is 5.64. The Kier molecular flexibility index (Phi) is 2.61. The predicted octanol–water partition coefficient (Wildman–Crippen LogP) is 4.07. The standard InChI is InChI=1S/C11H10BrNS/c1-7-2-3-8(13)6-9(7)10-4-5-11(12)14-10/h2-6H,13H2,1H3. The van der Waals surface area contributed by atoms with Gasteiger partial charge in [-0.05, 0) is 58.2 Å². The molecule has 0 bridgehead atoms. The zero-order valence-corrected chi connectivity index (χ0v) is 10.2. The first-order valence-corrected chi connectivity index (χ1v) is 5.89. The summed E-state index contributed by atoms with van der Waals surface area (Å²) in [6.07, 6.45) is 0. The van der Waals surface area contributed by atoms with Gasteiger partial charge in [-0.15, -0.1) is 11.3 Å². The van der Waals surface area contributed by atoms with Crippen molar-refractivity contribution in [1.82, 2.24) is 0 Å². The first-order valence-electron chi connectivity index (χ1n) is 4.28. The molecule has 0 aliphatic rings. The Morgan fingerprint density at radius 3 is 2.64 bits per heavy atom. The van der Waals surface area contributed by atoms with Crippen molar-refractivity contribution in [3.63, 3.8) is 0 Å². The molecule has 0 aliphatic carbocycles. The topological polar surface area (TPSA) is 26.0 Å². The molecule has 2 N–H and O–H groups in total. The van der Waals surface area contributed by atoms with Crippen molar-refractivity contribution in [2.24, 2.45) is 0 Å². The fraction of sp³-hybridized carbons (Fsp3) is 0.0909. The van der Waals surface area contributed by atoms with Crippen molar-refractivity contribution in [3.05, 3.63) is 39.7 Å². The van der Waals surface area contributed by atoms with Crippen LogP contribution in [0, 0.1) is 6.92 Å². The number of hydrogen-bond acceptors (Lipinski definition) is 2. The maximum Gasteiger partial charge on any atom is 0.0705 e. The molecule has 0 aliphatic heterocycles. The van der Waals surface area contributed by atoms with Crippen LogP contribution in [0.5, 0.6) is 0 Å². The van der Waals surface area contributed by atoms with Gasteiger partial charge in [0.05, 0.1) is 3.79 Å². The summed E-state index contributed by atoms with van der Waals surface area (Å²) in [5.74, 6) is 0. The van der Waals surface area contributed by atoms with E-state index in [1.54, 1.807) is 11.3 Å². The lowest BCUT2D eigenvalue weighted by Gasteiger charge is -2.03. The van der Waals surface area contributed by atoms with Crippen molar-refractivity contribution in [2.75, 3.05) is 5.73 Å². The van der Waals surface area contributed by atoms with Crippen LogP contribution < -0.4 is 5.73 Å². The molecule has 0 spiro atoms. The summed E-state index contributed by atoms with van der Waals surface area (Å²) in [5.41, 5.74) is 9.06. The molecule has 0 atom stereocenters. The highest BCUT2D eigenvalue weighted by Gasteiger charge is 2.04. The largest absolute Gasteiger partial charge is 0.399 e. The van der Waals surface area contributed by atoms with Crippen LogP contribution in [0.4, 0.5) is 5.69 Å².